The Morgan fingerprint density at radius 3 is 2.56 bits per heavy atom. The molecule has 1 aromatic carbocycles. The van der Waals surface area contributed by atoms with Crippen molar-refractivity contribution in [1.82, 2.24) is 14.8 Å². The van der Waals surface area contributed by atoms with E-state index in [1.54, 1.807) is 7.05 Å². The maximum Gasteiger partial charge on any atom is 0.416 e. The first-order valence-corrected chi connectivity index (χ1v) is 5.10. The normalized spacial score (nSPS) is 11.8. The third-order valence-corrected chi connectivity index (χ3v) is 2.55. The number of benzene rings is 1. The highest BCUT2D eigenvalue weighted by Crippen LogP contribution is 2.31. The summed E-state index contributed by atoms with van der Waals surface area (Å²) < 4.78 is 39.2. The van der Waals surface area contributed by atoms with Gasteiger partial charge in [-0.15, -0.1) is 10.2 Å². The predicted molar refractivity (Wildman–Crippen MR) is 57.4 cm³/mol. The molecule has 0 aliphatic rings. The van der Waals surface area contributed by atoms with Crippen molar-refractivity contribution >= 4 is 0 Å². The smallest absolute Gasteiger partial charge is 0.388 e. The lowest BCUT2D eigenvalue weighted by molar-refractivity contribution is -0.137. The zero-order chi connectivity index (χ0) is 13.3. The molecule has 0 radical (unpaired) electrons. The van der Waals surface area contributed by atoms with E-state index in [2.05, 4.69) is 10.2 Å². The van der Waals surface area contributed by atoms with Crippen LogP contribution >= 0.6 is 0 Å². The van der Waals surface area contributed by atoms with E-state index in [4.69, 9.17) is 5.11 Å². The van der Waals surface area contributed by atoms with Gasteiger partial charge in [0.25, 0.3) is 0 Å². The number of hydrogen-bond acceptors (Lipinski definition) is 3. The molecule has 0 fully saturated rings. The van der Waals surface area contributed by atoms with Gasteiger partial charge >= 0.3 is 6.18 Å². The molecule has 0 spiro atoms. The van der Waals surface area contributed by atoms with Crippen LogP contribution < -0.4 is 0 Å². The second-order valence-corrected chi connectivity index (χ2v) is 3.74. The minimum Gasteiger partial charge on any atom is -0.388 e. The summed E-state index contributed by atoms with van der Waals surface area (Å²) in [5, 5.41) is 16.4. The summed E-state index contributed by atoms with van der Waals surface area (Å²) in [6.45, 7) is -0.317. The van der Waals surface area contributed by atoms with E-state index in [9.17, 15) is 13.2 Å². The largest absolute Gasteiger partial charge is 0.416 e. The van der Waals surface area contributed by atoms with Crippen LogP contribution in [0, 0.1) is 0 Å². The standard InChI is InChI=1S/C11H10F3N3O/c1-17-9(6-18)15-16-10(17)7-3-2-4-8(5-7)11(12,13)14/h2-5,18H,6H2,1H3. The molecule has 0 unspecified atom stereocenters. The predicted octanol–water partition coefficient (Wildman–Crippen LogP) is 1.99. The highest BCUT2D eigenvalue weighted by atomic mass is 19.4. The van der Waals surface area contributed by atoms with E-state index < -0.39 is 11.7 Å². The number of alkyl halides is 3. The Morgan fingerprint density at radius 1 is 1.28 bits per heavy atom. The van der Waals surface area contributed by atoms with E-state index >= 15 is 0 Å². The maximum absolute atomic E-state index is 12.6. The molecule has 2 aromatic rings. The number of aliphatic hydroxyl groups excluding tert-OH is 1. The third-order valence-electron chi connectivity index (χ3n) is 2.55. The van der Waals surface area contributed by atoms with Gasteiger partial charge in [0, 0.05) is 12.6 Å². The Balaban J connectivity index is 2.48. The number of aliphatic hydroxyl groups is 1. The van der Waals surface area contributed by atoms with E-state index in [0.29, 0.717) is 11.4 Å². The van der Waals surface area contributed by atoms with Gasteiger partial charge in [0.05, 0.1) is 5.56 Å². The summed E-state index contributed by atoms with van der Waals surface area (Å²) in [6.07, 6.45) is -4.39. The quantitative estimate of drug-likeness (QED) is 0.895. The van der Waals surface area contributed by atoms with Gasteiger partial charge in [0.1, 0.15) is 6.61 Å². The van der Waals surface area contributed by atoms with Crippen LogP contribution in [0.5, 0.6) is 0 Å². The molecular weight excluding hydrogens is 247 g/mol. The van der Waals surface area contributed by atoms with Crippen molar-refractivity contribution in [2.24, 2.45) is 7.05 Å². The van der Waals surface area contributed by atoms with E-state index in [-0.39, 0.29) is 12.4 Å². The molecule has 7 heteroatoms. The average Bonchev–Trinajstić information content (AvgIpc) is 2.69. The van der Waals surface area contributed by atoms with Crippen molar-refractivity contribution < 1.29 is 18.3 Å². The molecule has 2 rings (SSSR count). The first-order chi connectivity index (χ1) is 8.43. The fraction of sp³-hybridized carbons (Fsp3) is 0.273. The lowest BCUT2D eigenvalue weighted by Crippen LogP contribution is -2.05. The van der Waals surface area contributed by atoms with E-state index in [1.165, 1.54) is 16.7 Å². The number of halogens is 3. The summed E-state index contributed by atoms with van der Waals surface area (Å²) in [5.41, 5.74) is -0.437. The third kappa shape index (κ3) is 2.21. The molecule has 0 atom stereocenters. The Morgan fingerprint density at radius 2 is 2.00 bits per heavy atom. The molecule has 1 heterocycles. The minimum absolute atomic E-state index is 0.283. The number of hydrogen-bond donors (Lipinski definition) is 1. The van der Waals surface area contributed by atoms with Crippen LogP contribution in [0.4, 0.5) is 13.2 Å². The molecule has 96 valence electrons. The van der Waals surface area contributed by atoms with Crippen molar-refractivity contribution in [3.05, 3.63) is 35.7 Å². The van der Waals surface area contributed by atoms with Crippen LogP contribution in [0.15, 0.2) is 24.3 Å². The van der Waals surface area contributed by atoms with Crippen molar-refractivity contribution in [3.8, 4) is 11.4 Å². The van der Waals surface area contributed by atoms with Gasteiger partial charge < -0.3 is 9.67 Å². The van der Waals surface area contributed by atoms with Crippen molar-refractivity contribution in [1.29, 1.82) is 0 Å². The Kier molecular flexibility index (Phi) is 3.08. The lowest BCUT2D eigenvalue weighted by atomic mass is 10.1. The highest BCUT2D eigenvalue weighted by molar-refractivity contribution is 5.56. The maximum atomic E-state index is 12.6. The fourth-order valence-corrected chi connectivity index (χ4v) is 1.59. The first kappa shape index (κ1) is 12.6. The number of nitrogens with zero attached hydrogens (tertiary/aromatic N) is 3. The van der Waals surface area contributed by atoms with Gasteiger partial charge in [0.2, 0.25) is 0 Å². The fourth-order valence-electron chi connectivity index (χ4n) is 1.59. The Bertz CT molecular complexity index is 563. The molecule has 0 amide bonds. The zero-order valence-corrected chi connectivity index (χ0v) is 9.44. The van der Waals surface area contributed by atoms with E-state index in [1.807, 2.05) is 0 Å². The molecule has 0 saturated heterocycles. The van der Waals surface area contributed by atoms with Crippen molar-refractivity contribution in [3.63, 3.8) is 0 Å². The number of rotatable bonds is 2. The number of aromatic nitrogens is 3. The van der Waals surface area contributed by atoms with Gasteiger partial charge in [0.15, 0.2) is 11.6 Å². The summed E-state index contributed by atoms with van der Waals surface area (Å²) >= 11 is 0. The van der Waals surface area contributed by atoms with Crippen LogP contribution in [-0.2, 0) is 19.8 Å². The second-order valence-electron chi connectivity index (χ2n) is 3.74. The van der Waals surface area contributed by atoms with E-state index in [0.717, 1.165) is 12.1 Å². The van der Waals surface area contributed by atoms with Gasteiger partial charge in [-0.1, -0.05) is 12.1 Å². The van der Waals surface area contributed by atoms with Gasteiger partial charge in [-0.2, -0.15) is 13.2 Å². The SMILES string of the molecule is Cn1c(CO)nnc1-c1cccc(C(F)(F)F)c1. The van der Waals surface area contributed by atoms with Gasteiger partial charge in [-0.3, -0.25) is 0 Å². The van der Waals surface area contributed by atoms with Gasteiger partial charge in [-0.25, -0.2) is 0 Å². The Hall–Kier alpha value is -1.89. The summed E-state index contributed by atoms with van der Waals surface area (Å²) in [6, 6.07) is 4.82. The molecule has 18 heavy (non-hydrogen) atoms. The highest BCUT2D eigenvalue weighted by Gasteiger charge is 2.30. The zero-order valence-electron chi connectivity index (χ0n) is 9.44. The Labute approximate surface area is 101 Å². The first-order valence-electron chi connectivity index (χ1n) is 5.10. The molecule has 1 N–H and O–H groups in total. The van der Waals surface area contributed by atoms with Crippen molar-refractivity contribution in [2.45, 2.75) is 12.8 Å². The molecule has 1 aromatic heterocycles. The summed E-state index contributed by atoms with van der Waals surface area (Å²) in [7, 11) is 1.58. The van der Waals surface area contributed by atoms with Gasteiger partial charge in [-0.05, 0) is 12.1 Å². The molecular formula is C11H10F3N3O. The summed E-state index contributed by atoms with van der Waals surface area (Å²) in [4.78, 5) is 0. The molecule has 0 saturated carbocycles. The van der Waals surface area contributed by atoms with Crippen LogP contribution in [0.3, 0.4) is 0 Å². The topological polar surface area (TPSA) is 50.9 Å². The average molecular weight is 257 g/mol. The molecule has 0 bridgehead atoms. The molecule has 4 nitrogen and oxygen atoms in total. The van der Waals surface area contributed by atoms with Crippen LogP contribution in [0.25, 0.3) is 11.4 Å². The van der Waals surface area contributed by atoms with Crippen LogP contribution in [-0.4, -0.2) is 19.9 Å². The summed E-state index contributed by atoms with van der Waals surface area (Å²) in [5.74, 6) is 0.576. The van der Waals surface area contributed by atoms with Crippen molar-refractivity contribution in [2.75, 3.05) is 0 Å². The molecule has 0 aliphatic heterocycles. The monoisotopic (exact) mass is 257 g/mol. The van der Waals surface area contributed by atoms with Crippen LogP contribution in [0.1, 0.15) is 11.4 Å². The lowest BCUT2D eigenvalue weighted by Gasteiger charge is -2.08. The molecule has 0 aliphatic carbocycles. The minimum atomic E-state index is -4.39. The van der Waals surface area contributed by atoms with Crippen LogP contribution in [0.2, 0.25) is 0 Å². The second kappa shape index (κ2) is 4.41.